The van der Waals surface area contributed by atoms with Crippen LogP contribution in [0.1, 0.15) is 53.9 Å². The van der Waals surface area contributed by atoms with Crippen LogP contribution in [0.4, 0.5) is 4.79 Å². The molecule has 0 aromatic heterocycles. The zero-order valence-electron chi connectivity index (χ0n) is 12.4. The number of hydrogen-bond donors (Lipinski definition) is 1. The maximum atomic E-state index is 11.3. The number of nitrogens with one attached hydrogen (secondary N) is 1. The van der Waals surface area contributed by atoms with E-state index in [1.54, 1.807) is 0 Å². The van der Waals surface area contributed by atoms with Crippen molar-refractivity contribution < 1.29 is 9.53 Å². The van der Waals surface area contributed by atoms with Gasteiger partial charge in [-0.2, -0.15) is 0 Å². The summed E-state index contributed by atoms with van der Waals surface area (Å²) < 4.78 is 5.11. The molecule has 0 radical (unpaired) electrons. The second kappa shape index (κ2) is 9.75. The summed E-state index contributed by atoms with van der Waals surface area (Å²) in [4.78, 5) is 11.3. The fraction of sp³-hybridized carbons (Fsp3) is 0.667. The average Bonchev–Trinajstić information content (AvgIpc) is 2.28. The van der Waals surface area contributed by atoms with Crippen molar-refractivity contribution in [2.75, 3.05) is 6.54 Å². The van der Waals surface area contributed by atoms with Gasteiger partial charge in [0, 0.05) is 6.54 Å². The van der Waals surface area contributed by atoms with E-state index >= 15 is 0 Å². The molecule has 0 aliphatic carbocycles. The second-order valence-corrected chi connectivity index (χ2v) is 4.88. The van der Waals surface area contributed by atoms with Gasteiger partial charge in [0.15, 0.2) is 0 Å². The van der Waals surface area contributed by atoms with Crippen LogP contribution in [-0.2, 0) is 4.74 Å². The Morgan fingerprint density at radius 3 is 2.50 bits per heavy atom. The third-order valence-corrected chi connectivity index (χ3v) is 2.67. The third kappa shape index (κ3) is 9.94. The van der Waals surface area contributed by atoms with Crippen molar-refractivity contribution in [2.24, 2.45) is 0 Å². The first-order chi connectivity index (χ1) is 8.45. The Balaban J connectivity index is 3.80. The van der Waals surface area contributed by atoms with Gasteiger partial charge in [-0.3, -0.25) is 0 Å². The number of ether oxygens (including phenoxy) is 1. The molecule has 0 fully saturated rings. The van der Waals surface area contributed by atoms with Crippen molar-refractivity contribution in [3.05, 3.63) is 23.3 Å². The Morgan fingerprint density at radius 1 is 1.28 bits per heavy atom. The van der Waals surface area contributed by atoms with Gasteiger partial charge in [0.25, 0.3) is 0 Å². The van der Waals surface area contributed by atoms with Gasteiger partial charge in [0.2, 0.25) is 0 Å². The number of hydrogen-bond acceptors (Lipinski definition) is 2. The average molecular weight is 253 g/mol. The van der Waals surface area contributed by atoms with E-state index in [9.17, 15) is 4.79 Å². The van der Waals surface area contributed by atoms with Gasteiger partial charge in [-0.25, -0.2) is 4.79 Å². The minimum absolute atomic E-state index is 0.0206. The minimum atomic E-state index is -0.335. The van der Waals surface area contributed by atoms with E-state index in [-0.39, 0.29) is 12.2 Å². The first kappa shape index (κ1) is 16.8. The molecule has 0 saturated heterocycles. The molecule has 0 bridgehead atoms. The molecular weight excluding hydrogens is 226 g/mol. The molecule has 3 nitrogen and oxygen atoms in total. The Bertz CT molecular complexity index is 302. The summed E-state index contributed by atoms with van der Waals surface area (Å²) in [6, 6.07) is 0. The molecule has 104 valence electrons. The predicted molar refractivity (Wildman–Crippen MR) is 76.7 cm³/mol. The Hall–Kier alpha value is -1.25. The highest BCUT2D eigenvalue weighted by Crippen LogP contribution is 2.05. The molecule has 0 aromatic carbocycles. The van der Waals surface area contributed by atoms with Gasteiger partial charge in [0.1, 0.15) is 6.10 Å². The van der Waals surface area contributed by atoms with Crippen LogP contribution in [0.5, 0.6) is 0 Å². The largest absolute Gasteiger partial charge is 0.447 e. The van der Waals surface area contributed by atoms with Crippen molar-refractivity contribution in [2.45, 2.75) is 60.0 Å². The van der Waals surface area contributed by atoms with E-state index < -0.39 is 0 Å². The summed E-state index contributed by atoms with van der Waals surface area (Å²) in [6.45, 7) is 10.7. The van der Waals surface area contributed by atoms with Gasteiger partial charge in [-0.15, -0.1) is 0 Å². The lowest BCUT2D eigenvalue weighted by Gasteiger charge is -2.10. The first-order valence-corrected chi connectivity index (χ1v) is 6.69. The lowest BCUT2D eigenvalue weighted by atomic mass is 10.1. The van der Waals surface area contributed by atoms with E-state index in [2.05, 4.69) is 32.2 Å². The molecular formula is C15H27NO2. The number of allylic oxidation sites excluding steroid dienone is 3. The second-order valence-electron chi connectivity index (χ2n) is 4.88. The maximum Gasteiger partial charge on any atom is 0.407 e. The topological polar surface area (TPSA) is 38.3 Å². The van der Waals surface area contributed by atoms with E-state index in [0.29, 0.717) is 6.54 Å². The van der Waals surface area contributed by atoms with Crippen LogP contribution in [0.15, 0.2) is 23.3 Å². The van der Waals surface area contributed by atoms with Crippen molar-refractivity contribution in [3.63, 3.8) is 0 Å². The zero-order chi connectivity index (χ0) is 14.0. The smallest absolute Gasteiger partial charge is 0.407 e. The summed E-state index contributed by atoms with van der Waals surface area (Å²) in [6.07, 6.45) is 6.84. The van der Waals surface area contributed by atoms with E-state index in [1.807, 2.05) is 19.9 Å². The monoisotopic (exact) mass is 253 g/mol. The summed E-state index contributed by atoms with van der Waals surface area (Å²) in [5, 5.41) is 2.73. The van der Waals surface area contributed by atoms with Crippen molar-refractivity contribution in [1.29, 1.82) is 0 Å². The summed E-state index contributed by atoms with van der Waals surface area (Å²) in [5.41, 5.74) is 2.63. The van der Waals surface area contributed by atoms with Crippen LogP contribution in [-0.4, -0.2) is 18.7 Å². The summed E-state index contributed by atoms with van der Waals surface area (Å²) in [5.74, 6) is 0. The Morgan fingerprint density at radius 2 is 1.94 bits per heavy atom. The molecule has 0 aromatic rings. The molecule has 0 saturated carbocycles. The normalized spacial score (nSPS) is 12.8. The van der Waals surface area contributed by atoms with Gasteiger partial charge in [-0.05, 0) is 47.0 Å². The summed E-state index contributed by atoms with van der Waals surface area (Å²) in [7, 11) is 0. The summed E-state index contributed by atoms with van der Waals surface area (Å²) >= 11 is 0. The lowest BCUT2D eigenvalue weighted by molar-refractivity contribution is 0.106. The molecule has 18 heavy (non-hydrogen) atoms. The van der Waals surface area contributed by atoms with Crippen LogP contribution < -0.4 is 5.32 Å². The number of carbonyl (C=O) groups excluding carboxylic acids is 1. The van der Waals surface area contributed by atoms with Crippen LogP contribution in [0.3, 0.4) is 0 Å². The van der Waals surface area contributed by atoms with E-state index in [4.69, 9.17) is 4.74 Å². The predicted octanol–water partition coefficient (Wildman–Crippen LogP) is 4.20. The van der Waals surface area contributed by atoms with Crippen molar-refractivity contribution in [1.82, 2.24) is 5.32 Å². The highest BCUT2D eigenvalue weighted by molar-refractivity contribution is 5.67. The molecule has 1 amide bonds. The lowest BCUT2D eigenvalue weighted by Crippen LogP contribution is -2.27. The van der Waals surface area contributed by atoms with Gasteiger partial charge >= 0.3 is 6.09 Å². The minimum Gasteiger partial charge on any atom is -0.447 e. The molecule has 3 heteroatoms. The maximum absolute atomic E-state index is 11.3. The SMILES string of the molecule is CCC(C)OC(=O)NC/C=C(\C)CCC=C(C)C. The first-order valence-electron chi connectivity index (χ1n) is 6.69. The van der Waals surface area contributed by atoms with Crippen molar-refractivity contribution in [3.8, 4) is 0 Å². The molecule has 1 unspecified atom stereocenters. The molecule has 0 aliphatic heterocycles. The van der Waals surface area contributed by atoms with Gasteiger partial charge in [0.05, 0.1) is 0 Å². The number of amides is 1. The molecule has 0 heterocycles. The number of alkyl carbamates (subject to hydrolysis) is 1. The standard InChI is InChI=1S/C15H27NO2/c1-6-14(5)18-15(17)16-11-10-13(4)9-7-8-12(2)3/h8,10,14H,6-7,9,11H2,1-5H3,(H,16,17)/b13-10+. The molecule has 0 rings (SSSR count). The molecule has 1 N–H and O–H groups in total. The number of rotatable bonds is 7. The Kier molecular flexibility index (Phi) is 9.07. The quantitative estimate of drug-likeness (QED) is 0.690. The van der Waals surface area contributed by atoms with E-state index in [1.165, 1.54) is 11.1 Å². The molecule has 0 aliphatic rings. The van der Waals surface area contributed by atoms with Crippen LogP contribution in [0.2, 0.25) is 0 Å². The third-order valence-electron chi connectivity index (χ3n) is 2.67. The van der Waals surface area contributed by atoms with Gasteiger partial charge in [-0.1, -0.05) is 30.2 Å². The van der Waals surface area contributed by atoms with E-state index in [0.717, 1.165) is 19.3 Å². The number of carbonyl (C=O) groups is 1. The fourth-order valence-corrected chi connectivity index (χ4v) is 1.31. The zero-order valence-corrected chi connectivity index (χ0v) is 12.4. The molecule has 1 atom stereocenters. The molecule has 0 spiro atoms. The Labute approximate surface area is 111 Å². The fourth-order valence-electron chi connectivity index (χ4n) is 1.31. The van der Waals surface area contributed by atoms with Crippen molar-refractivity contribution >= 4 is 6.09 Å². The van der Waals surface area contributed by atoms with Crippen LogP contribution in [0.25, 0.3) is 0 Å². The van der Waals surface area contributed by atoms with Gasteiger partial charge < -0.3 is 10.1 Å². The highest BCUT2D eigenvalue weighted by Gasteiger charge is 2.05. The van der Waals surface area contributed by atoms with Crippen LogP contribution in [0, 0.1) is 0 Å². The van der Waals surface area contributed by atoms with Crippen LogP contribution >= 0.6 is 0 Å². The highest BCUT2D eigenvalue weighted by atomic mass is 16.6.